The molecule has 0 aromatic heterocycles. The summed E-state index contributed by atoms with van der Waals surface area (Å²) in [6.45, 7) is 0. The zero-order valence-corrected chi connectivity index (χ0v) is 9.21. The monoisotopic (exact) mass is 214 g/mol. The lowest BCUT2D eigenvalue weighted by molar-refractivity contribution is 0.782. The van der Waals surface area contributed by atoms with Crippen LogP contribution in [0.5, 0.6) is 0 Å². The van der Waals surface area contributed by atoms with Crippen molar-refractivity contribution in [2.75, 3.05) is 0 Å². The van der Waals surface area contributed by atoms with Crippen LogP contribution in [-0.4, -0.2) is 0 Å². The van der Waals surface area contributed by atoms with Crippen molar-refractivity contribution in [3.63, 3.8) is 0 Å². The molecule has 0 saturated carbocycles. The summed E-state index contributed by atoms with van der Waals surface area (Å²) in [5.74, 6) is 5.04. The second kappa shape index (κ2) is 5.93. The number of terminal acetylenes is 2. The van der Waals surface area contributed by atoms with Gasteiger partial charge in [-0.1, -0.05) is 0 Å². The van der Waals surface area contributed by atoms with Crippen LogP contribution in [0.15, 0.2) is 9.59 Å². The zero-order valence-electron chi connectivity index (χ0n) is 9.21. The Morgan fingerprint density at radius 1 is 0.812 bits per heavy atom. The van der Waals surface area contributed by atoms with Gasteiger partial charge in [0.1, 0.15) is 0 Å². The maximum atomic E-state index is 11.3. The molecule has 0 spiro atoms. The second-order valence-electron chi connectivity index (χ2n) is 3.73. The number of hydrogen-bond acceptors (Lipinski definition) is 2. The number of unbranched alkanes of at least 4 members (excludes halogenated alkanes) is 2. The average Bonchev–Trinajstić information content (AvgIpc) is 2.31. The quantitative estimate of drug-likeness (QED) is 0.405. The van der Waals surface area contributed by atoms with Crippen molar-refractivity contribution in [1.29, 1.82) is 0 Å². The first-order valence-electron chi connectivity index (χ1n) is 5.40. The van der Waals surface area contributed by atoms with Crippen molar-refractivity contribution in [3.8, 4) is 24.7 Å². The molecule has 0 aliphatic rings. The molecule has 0 aliphatic heterocycles. The molecule has 2 heteroatoms. The lowest BCUT2D eigenvalue weighted by Crippen LogP contribution is -2.39. The van der Waals surface area contributed by atoms with Crippen molar-refractivity contribution in [2.45, 2.75) is 38.5 Å². The standard InChI is InChI=1S/C14H14O2/c1-3-5-7-9-11-12(10-8-6-4-2)14(16)13(11)15/h1-2H,5-10H2. The molecule has 0 heterocycles. The molecule has 1 aromatic carbocycles. The third-order valence-electron chi connectivity index (χ3n) is 2.61. The summed E-state index contributed by atoms with van der Waals surface area (Å²) in [5, 5.41) is 0. The number of rotatable bonds is 6. The molecule has 0 bridgehead atoms. The molecule has 1 aromatic rings. The van der Waals surface area contributed by atoms with Crippen LogP contribution in [0.4, 0.5) is 0 Å². The Kier molecular flexibility index (Phi) is 4.55. The van der Waals surface area contributed by atoms with Crippen molar-refractivity contribution in [2.24, 2.45) is 0 Å². The summed E-state index contributed by atoms with van der Waals surface area (Å²) < 4.78 is 0. The predicted octanol–water partition coefficient (Wildman–Crippen LogP) is 1.19. The van der Waals surface area contributed by atoms with Gasteiger partial charge in [-0.2, -0.15) is 0 Å². The lowest BCUT2D eigenvalue weighted by atomic mass is 9.92. The third-order valence-corrected chi connectivity index (χ3v) is 2.61. The van der Waals surface area contributed by atoms with Crippen LogP contribution in [0.1, 0.15) is 36.8 Å². The van der Waals surface area contributed by atoms with E-state index in [1.807, 2.05) is 0 Å². The maximum Gasteiger partial charge on any atom is 0.229 e. The van der Waals surface area contributed by atoms with Gasteiger partial charge in [0.25, 0.3) is 0 Å². The van der Waals surface area contributed by atoms with Crippen LogP contribution in [0.25, 0.3) is 0 Å². The Labute approximate surface area is 95.4 Å². The van der Waals surface area contributed by atoms with E-state index in [0.717, 1.165) is 12.8 Å². The van der Waals surface area contributed by atoms with E-state index >= 15 is 0 Å². The van der Waals surface area contributed by atoms with E-state index in [-0.39, 0.29) is 10.9 Å². The van der Waals surface area contributed by atoms with Crippen molar-refractivity contribution < 1.29 is 0 Å². The molecule has 1 rings (SSSR count). The molecule has 0 unspecified atom stereocenters. The van der Waals surface area contributed by atoms with Gasteiger partial charge in [-0.05, 0) is 25.7 Å². The van der Waals surface area contributed by atoms with Gasteiger partial charge < -0.3 is 0 Å². The molecular weight excluding hydrogens is 200 g/mol. The predicted molar refractivity (Wildman–Crippen MR) is 64.9 cm³/mol. The Bertz CT molecular complexity index is 454. The van der Waals surface area contributed by atoms with Gasteiger partial charge in [0, 0.05) is 24.0 Å². The molecule has 0 saturated heterocycles. The van der Waals surface area contributed by atoms with Crippen LogP contribution < -0.4 is 10.9 Å². The van der Waals surface area contributed by atoms with Crippen LogP contribution >= 0.6 is 0 Å². The van der Waals surface area contributed by atoms with E-state index in [0.29, 0.717) is 36.8 Å². The maximum absolute atomic E-state index is 11.3. The fourth-order valence-electron chi connectivity index (χ4n) is 1.75. The van der Waals surface area contributed by atoms with Crippen LogP contribution in [0, 0.1) is 24.7 Å². The SMILES string of the molecule is C#CCCCc1c(CCCC#C)c(=O)c1=O. The summed E-state index contributed by atoms with van der Waals surface area (Å²) in [4.78, 5) is 22.6. The lowest BCUT2D eigenvalue weighted by Gasteiger charge is -2.09. The molecule has 0 atom stereocenters. The average molecular weight is 214 g/mol. The van der Waals surface area contributed by atoms with Gasteiger partial charge in [0.05, 0.1) is 0 Å². The molecule has 82 valence electrons. The van der Waals surface area contributed by atoms with E-state index in [1.165, 1.54) is 0 Å². The summed E-state index contributed by atoms with van der Waals surface area (Å²) >= 11 is 0. The van der Waals surface area contributed by atoms with Crippen LogP contribution in [0.2, 0.25) is 0 Å². The summed E-state index contributed by atoms with van der Waals surface area (Å²) in [6.07, 6.45) is 14.3. The first-order valence-corrected chi connectivity index (χ1v) is 5.40. The normalized spacial score (nSPS) is 9.88. The summed E-state index contributed by atoms with van der Waals surface area (Å²) in [7, 11) is 0. The molecule has 16 heavy (non-hydrogen) atoms. The van der Waals surface area contributed by atoms with Crippen molar-refractivity contribution >= 4 is 0 Å². The molecule has 0 aliphatic carbocycles. The van der Waals surface area contributed by atoms with Crippen molar-refractivity contribution in [3.05, 3.63) is 31.6 Å². The zero-order chi connectivity index (χ0) is 12.0. The smallest absolute Gasteiger partial charge is 0.229 e. The Balaban J connectivity index is 2.60. The highest BCUT2D eigenvalue weighted by Gasteiger charge is 2.18. The van der Waals surface area contributed by atoms with Gasteiger partial charge in [-0.15, -0.1) is 24.7 Å². The number of hydrogen-bond donors (Lipinski definition) is 0. The fourth-order valence-corrected chi connectivity index (χ4v) is 1.75. The Morgan fingerprint density at radius 3 is 1.50 bits per heavy atom. The second-order valence-corrected chi connectivity index (χ2v) is 3.73. The fraction of sp³-hybridized carbons (Fsp3) is 0.429. The van der Waals surface area contributed by atoms with Crippen LogP contribution in [0.3, 0.4) is 0 Å². The van der Waals surface area contributed by atoms with Crippen molar-refractivity contribution in [1.82, 2.24) is 0 Å². The Hall–Kier alpha value is -1.80. The largest absolute Gasteiger partial charge is 0.285 e. The molecule has 0 fully saturated rings. The highest BCUT2D eigenvalue weighted by atomic mass is 16.2. The molecular formula is C14H14O2. The van der Waals surface area contributed by atoms with E-state index < -0.39 is 0 Å². The van der Waals surface area contributed by atoms with E-state index in [2.05, 4.69) is 11.8 Å². The molecule has 2 nitrogen and oxygen atoms in total. The molecule has 0 radical (unpaired) electrons. The van der Waals surface area contributed by atoms with E-state index in [9.17, 15) is 9.59 Å². The summed E-state index contributed by atoms with van der Waals surface area (Å²) in [6, 6.07) is 0. The minimum Gasteiger partial charge on any atom is -0.285 e. The van der Waals surface area contributed by atoms with Crippen LogP contribution in [-0.2, 0) is 12.8 Å². The molecule has 0 N–H and O–H groups in total. The van der Waals surface area contributed by atoms with E-state index in [1.54, 1.807) is 0 Å². The molecule has 0 amide bonds. The highest BCUT2D eigenvalue weighted by molar-refractivity contribution is 5.33. The minimum atomic E-state index is -0.326. The third kappa shape index (κ3) is 2.61. The van der Waals surface area contributed by atoms with Gasteiger partial charge in [-0.3, -0.25) is 9.59 Å². The minimum absolute atomic E-state index is 0.326. The highest BCUT2D eigenvalue weighted by Crippen LogP contribution is 2.09. The van der Waals surface area contributed by atoms with Gasteiger partial charge in [0.2, 0.25) is 10.9 Å². The first-order chi connectivity index (χ1) is 7.72. The van der Waals surface area contributed by atoms with E-state index in [4.69, 9.17) is 12.8 Å². The first kappa shape index (κ1) is 12.3. The van der Waals surface area contributed by atoms with Gasteiger partial charge in [0.15, 0.2) is 0 Å². The van der Waals surface area contributed by atoms with Gasteiger partial charge >= 0.3 is 0 Å². The topological polar surface area (TPSA) is 34.1 Å². The Morgan fingerprint density at radius 2 is 1.19 bits per heavy atom. The van der Waals surface area contributed by atoms with Gasteiger partial charge in [-0.25, -0.2) is 0 Å². The summed E-state index contributed by atoms with van der Waals surface area (Å²) in [5.41, 5.74) is 0.704.